The largest absolute Gasteiger partial charge is 0.483 e. The van der Waals surface area contributed by atoms with Crippen molar-refractivity contribution in [1.29, 1.82) is 0 Å². The van der Waals surface area contributed by atoms with Gasteiger partial charge in [0.1, 0.15) is 5.75 Å². The van der Waals surface area contributed by atoms with Crippen LogP contribution in [0.25, 0.3) is 0 Å². The van der Waals surface area contributed by atoms with Crippen molar-refractivity contribution in [1.82, 2.24) is 0 Å². The summed E-state index contributed by atoms with van der Waals surface area (Å²) in [4.78, 5) is 12.2. The molecule has 0 saturated heterocycles. The fraction of sp³-hybridized carbons (Fsp3) is 0.136. The standard InChI is InChI=1S/C22H19BrCl2N2O2/c1-14-6-8-16(24)11-20(14)27-22(28)13-29-21-9-7-15(10-17(21)23)12-26-19-5-3-2-4-18(19)25/h2-11,26H,12-13H2,1H3,(H,27,28). The lowest BCUT2D eigenvalue weighted by atomic mass is 10.2. The van der Waals surface area contributed by atoms with Gasteiger partial charge in [-0.15, -0.1) is 0 Å². The Bertz CT molecular complexity index is 1030. The van der Waals surface area contributed by atoms with Gasteiger partial charge in [-0.3, -0.25) is 4.79 Å². The van der Waals surface area contributed by atoms with Crippen LogP contribution in [0.15, 0.2) is 65.1 Å². The molecule has 150 valence electrons. The molecule has 4 nitrogen and oxygen atoms in total. The van der Waals surface area contributed by atoms with Crippen molar-refractivity contribution in [3.8, 4) is 5.75 Å². The number of para-hydroxylation sites is 1. The number of hydrogen-bond donors (Lipinski definition) is 2. The van der Waals surface area contributed by atoms with E-state index in [1.807, 2.05) is 55.5 Å². The highest BCUT2D eigenvalue weighted by atomic mass is 79.9. The van der Waals surface area contributed by atoms with Crippen molar-refractivity contribution < 1.29 is 9.53 Å². The summed E-state index contributed by atoms with van der Waals surface area (Å²) in [7, 11) is 0. The number of hydrogen-bond acceptors (Lipinski definition) is 3. The van der Waals surface area contributed by atoms with E-state index < -0.39 is 0 Å². The first-order chi connectivity index (χ1) is 13.9. The van der Waals surface area contributed by atoms with Crippen LogP contribution in [-0.4, -0.2) is 12.5 Å². The zero-order valence-electron chi connectivity index (χ0n) is 15.6. The van der Waals surface area contributed by atoms with E-state index in [-0.39, 0.29) is 12.5 Å². The first-order valence-electron chi connectivity index (χ1n) is 8.88. The topological polar surface area (TPSA) is 50.4 Å². The second-order valence-corrected chi connectivity index (χ2v) is 8.09. The minimum atomic E-state index is -0.258. The summed E-state index contributed by atoms with van der Waals surface area (Å²) in [5.41, 5.74) is 3.52. The van der Waals surface area contributed by atoms with Crippen LogP contribution in [0, 0.1) is 6.92 Å². The summed E-state index contributed by atoms with van der Waals surface area (Å²) in [5, 5.41) is 7.34. The molecule has 0 spiro atoms. The van der Waals surface area contributed by atoms with Gasteiger partial charge in [-0.25, -0.2) is 0 Å². The summed E-state index contributed by atoms with van der Waals surface area (Å²) < 4.78 is 6.41. The second-order valence-electron chi connectivity index (χ2n) is 6.39. The summed E-state index contributed by atoms with van der Waals surface area (Å²) >= 11 is 15.6. The molecular weight excluding hydrogens is 475 g/mol. The highest BCUT2D eigenvalue weighted by Crippen LogP contribution is 2.27. The third-order valence-corrected chi connectivity index (χ3v) is 5.37. The molecule has 0 saturated carbocycles. The van der Waals surface area contributed by atoms with E-state index in [2.05, 4.69) is 26.6 Å². The van der Waals surface area contributed by atoms with E-state index >= 15 is 0 Å². The zero-order valence-corrected chi connectivity index (χ0v) is 18.7. The van der Waals surface area contributed by atoms with Crippen LogP contribution in [0.5, 0.6) is 5.75 Å². The fourth-order valence-electron chi connectivity index (χ4n) is 2.63. The maximum atomic E-state index is 12.2. The SMILES string of the molecule is Cc1ccc(Cl)cc1NC(=O)COc1ccc(CNc2ccccc2Cl)cc1Br. The molecule has 0 bridgehead atoms. The number of ether oxygens (including phenoxy) is 1. The van der Waals surface area contributed by atoms with E-state index in [1.54, 1.807) is 12.1 Å². The van der Waals surface area contributed by atoms with Crippen LogP contribution in [-0.2, 0) is 11.3 Å². The van der Waals surface area contributed by atoms with E-state index in [0.29, 0.717) is 28.0 Å². The van der Waals surface area contributed by atoms with Gasteiger partial charge in [0.25, 0.3) is 5.91 Å². The minimum absolute atomic E-state index is 0.109. The maximum absolute atomic E-state index is 12.2. The molecule has 0 heterocycles. The Balaban J connectivity index is 1.55. The summed E-state index contributed by atoms with van der Waals surface area (Å²) in [6.45, 7) is 2.40. The number of benzene rings is 3. The molecule has 3 rings (SSSR count). The number of rotatable bonds is 7. The van der Waals surface area contributed by atoms with Gasteiger partial charge in [0.2, 0.25) is 0 Å². The van der Waals surface area contributed by atoms with Crippen molar-refractivity contribution in [2.24, 2.45) is 0 Å². The van der Waals surface area contributed by atoms with E-state index in [1.165, 1.54) is 0 Å². The maximum Gasteiger partial charge on any atom is 0.262 e. The molecule has 0 unspecified atom stereocenters. The summed E-state index contributed by atoms with van der Waals surface area (Å²) in [6, 6.07) is 18.6. The molecule has 7 heteroatoms. The molecular formula is C22H19BrCl2N2O2. The average Bonchev–Trinajstić information content (AvgIpc) is 2.69. The first-order valence-corrected chi connectivity index (χ1v) is 10.4. The summed E-state index contributed by atoms with van der Waals surface area (Å²) in [6.07, 6.45) is 0. The van der Waals surface area contributed by atoms with Crippen molar-refractivity contribution >= 4 is 56.4 Å². The first kappa shape index (κ1) is 21.5. The van der Waals surface area contributed by atoms with E-state index in [4.69, 9.17) is 27.9 Å². The highest BCUT2D eigenvalue weighted by Gasteiger charge is 2.09. The average molecular weight is 494 g/mol. The molecule has 0 aromatic heterocycles. The number of nitrogens with one attached hydrogen (secondary N) is 2. The van der Waals surface area contributed by atoms with Crippen molar-refractivity contribution in [2.75, 3.05) is 17.2 Å². The smallest absolute Gasteiger partial charge is 0.262 e. The van der Waals surface area contributed by atoms with Crippen LogP contribution in [0.1, 0.15) is 11.1 Å². The third-order valence-electron chi connectivity index (χ3n) is 4.19. The molecule has 3 aromatic carbocycles. The van der Waals surface area contributed by atoms with Gasteiger partial charge >= 0.3 is 0 Å². The van der Waals surface area contributed by atoms with E-state index in [9.17, 15) is 4.79 Å². The molecule has 0 aliphatic heterocycles. The van der Waals surface area contributed by atoms with Gasteiger partial charge in [0, 0.05) is 17.3 Å². The fourth-order valence-corrected chi connectivity index (χ4v) is 3.55. The quantitative estimate of drug-likeness (QED) is 0.385. The number of amides is 1. The molecule has 0 radical (unpaired) electrons. The number of halogens is 3. The third kappa shape index (κ3) is 6.13. The van der Waals surface area contributed by atoms with Crippen LogP contribution in [0.3, 0.4) is 0 Å². The lowest BCUT2D eigenvalue weighted by molar-refractivity contribution is -0.118. The molecule has 3 aromatic rings. The molecule has 0 aliphatic carbocycles. The van der Waals surface area contributed by atoms with Crippen LogP contribution in [0.2, 0.25) is 10.0 Å². The van der Waals surface area contributed by atoms with Gasteiger partial charge in [-0.1, -0.05) is 47.5 Å². The number of carbonyl (C=O) groups is 1. The Kier molecular flexibility index (Phi) is 7.42. The van der Waals surface area contributed by atoms with Crippen molar-refractivity contribution in [2.45, 2.75) is 13.5 Å². The van der Waals surface area contributed by atoms with Crippen LogP contribution in [0.4, 0.5) is 11.4 Å². The molecule has 0 aliphatic rings. The van der Waals surface area contributed by atoms with Crippen molar-refractivity contribution in [3.05, 3.63) is 86.3 Å². The normalized spacial score (nSPS) is 10.5. The Morgan fingerprint density at radius 2 is 1.83 bits per heavy atom. The minimum Gasteiger partial charge on any atom is -0.483 e. The van der Waals surface area contributed by atoms with Crippen molar-refractivity contribution in [3.63, 3.8) is 0 Å². The number of aryl methyl sites for hydroxylation is 1. The number of carbonyl (C=O) groups excluding carboxylic acids is 1. The zero-order chi connectivity index (χ0) is 20.8. The van der Waals surface area contributed by atoms with Gasteiger partial charge in [0.15, 0.2) is 6.61 Å². The number of anilines is 2. The molecule has 0 fully saturated rings. The highest BCUT2D eigenvalue weighted by molar-refractivity contribution is 9.10. The Morgan fingerprint density at radius 1 is 1.03 bits per heavy atom. The van der Waals surface area contributed by atoms with E-state index in [0.717, 1.165) is 21.3 Å². The molecule has 2 N–H and O–H groups in total. The van der Waals surface area contributed by atoms with Gasteiger partial charge in [0.05, 0.1) is 15.2 Å². The molecule has 29 heavy (non-hydrogen) atoms. The van der Waals surface area contributed by atoms with Gasteiger partial charge in [-0.2, -0.15) is 0 Å². The Labute approximate surface area is 188 Å². The summed E-state index contributed by atoms with van der Waals surface area (Å²) in [5.74, 6) is 0.330. The van der Waals surface area contributed by atoms with Crippen LogP contribution < -0.4 is 15.4 Å². The molecule has 0 atom stereocenters. The monoisotopic (exact) mass is 492 g/mol. The predicted octanol–water partition coefficient (Wildman–Crippen LogP) is 6.69. The lowest BCUT2D eigenvalue weighted by Crippen LogP contribution is -2.20. The van der Waals surface area contributed by atoms with Crippen LogP contribution >= 0.6 is 39.1 Å². The van der Waals surface area contributed by atoms with Gasteiger partial charge < -0.3 is 15.4 Å². The Morgan fingerprint density at radius 3 is 2.59 bits per heavy atom. The van der Waals surface area contributed by atoms with Gasteiger partial charge in [-0.05, 0) is 70.4 Å². The predicted molar refractivity (Wildman–Crippen MR) is 123 cm³/mol. The Hall–Kier alpha value is -2.21. The lowest BCUT2D eigenvalue weighted by Gasteiger charge is -2.12. The molecule has 1 amide bonds. The second kappa shape index (κ2) is 10.0.